The lowest BCUT2D eigenvalue weighted by Gasteiger charge is -2.34. The Balaban J connectivity index is 1.27. The summed E-state index contributed by atoms with van der Waals surface area (Å²) in [5, 5.41) is 3.64. The summed E-state index contributed by atoms with van der Waals surface area (Å²) in [6.45, 7) is 4.29. The number of fused-ring (bicyclic) bond motifs is 3. The van der Waals surface area contributed by atoms with Crippen LogP contribution in [0.5, 0.6) is 11.9 Å². The number of nitrogens with one attached hydrogen (secondary N) is 1. The van der Waals surface area contributed by atoms with Gasteiger partial charge in [0.05, 0.1) is 13.2 Å². The van der Waals surface area contributed by atoms with Gasteiger partial charge in [-0.3, -0.25) is 0 Å². The number of aromatic nitrogens is 3. The normalized spacial score (nSPS) is 24.0. The van der Waals surface area contributed by atoms with Crippen molar-refractivity contribution in [3.05, 3.63) is 22.6 Å². The first kappa shape index (κ1) is 27.7. The van der Waals surface area contributed by atoms with E-state index in [1.165, 1.54) is 0 Å². The van der Waals surface area contributed by atoms with Crippen LogP contribution >= 0.6 is 11.6 Å². The number of methoxy groups -OCH3 is 1. The van der Waals surface area contributed by atoms with Gasteiger partial charge in [0.25, 0.3) is 6.08 Å². The number of halogens is 4. The summed E-state index contributed by atoms with van der Waals surface area (Å²) < 4.78 is 58.5. The van der Waals surface area contributed by atoms with Gasteiger partial charge in [-0.1, -0.05) is 11.6 Å². The van der Waals surface area contributed by atoms with Crippen molar-refractivity contribution in [1.29, 1.82) is 0 Å². The molecule has 5 heterocycles. The van der Waals surface area contributed by atoms with Gasteiger partial charge in [0.15, 0.2) is 11.0 Å². The van der Waals surface area contributed by atoms with Crippen LogP contribution < -0.4 is 19.7 Å². The summed E-state index contributed by atoms with van der Waals surface area (Å²) in [4.78, 5) is 17.8. The monoisotopic (exact) mass is 582 g/mol. The average molecular weight is 583 g/mol. The molecule has 4 aliphatic rings. The maximum Gasteiger partial charge on any atom is 0.319 e. The lowest BCUT2D eigenvalue weighted by molar-refractivity contribution is 0.144. The van der Waals surface area contributed by atoms with Gasteiger partial charge >= 0.3 is 6.01 Å². The average Bonchev–Trinajstić information content (AvgIpc) is 3.64. The minimum atomic E-state index is -1.54. The summed E-state index contributed by atoms with van der Waals surface area (Å²) in [6.07, 6.45) is 3.31. The Morgan fingerprint density at radius 3 is 2.42 bits per heavy atom. The number of nitrogens with zero attached hydrogens (tertiary/aromatic N) is 5. The number of anilines is 1. The highest BCUT2D eigenvalue weighted by Crippen LogP contribution is 2.47. The lowest BCUT2D eigenvalue weighted by atomic mass is 10.0. The highest BCUT2D eigenvalue weighted by molar-refractivity contribution is 6.30. The Morgan fingerprint density at radius 2 is 1.77 bits per heavy atom. The van der Waals surface area contributed by atoms with Gasteiger partial charge < -0.3 is 29.3 Å². The van der Waals surface area contributed by atoms with E-state index in [2.05, 4.69) is 25.1 Å². The first-order valence-electron chi connectivity index (χ1n) is 13.9. The smallest absolute Gasteiger partial charge is 0.319 e. The molecule has 0 spiro atoms. The van der Waals surface area contributed by atoms with Gasteiger partial charge in [-0.25, -0.2) is 4.39 Å². The molecule has 1 saturated carbocycles. The molecule has 4 fully saturated rings. The van der Waals surface area contributed by atoms with Crippen LogP contribution in [0.25, 0.3) is 10.9 Å². The highest BCUT2D eigenvalue weighted by atomic mass is 35.5. The van der Waals surface area contributed by atoms with Crippen molar-refractivity contribution >= 4 is 28.3 Å². The van der Waals surface area contributed by atoms with Crippen LogP contribution in [-0.2, 0) is 4.74 Å². The summed E-state index contributed by atoms with van der Waals surface area (Å²) >= 11 is 6.17. The molecule has 3 saturated heterocycles. The van der Waals surface area contributed by atoms with Crippen LogP contribution in [0.15, 0.2) is 11.7 Å². The standard InChI is InChI=1S/C27H34ClF3N6O3/c1-38-10-11-39-25-19-21(20(29)22(28)34-25)33-26(35-24(19)37-12-17-2-3-18(13-37)32-17)40-15-27(6-7-27)14-36-8-4-16(5-9-36)23(30)31/h17-18,32H,2-15H2,1H3. The Kier molecular flexibility index (Phi) is 7.95. The van der Waals surface area contributed by atoms with Crippen molar-refractivity contribution in [1.82, 2.24) is 25.2 Å². The molecule has 2 aromatic heterocycles. The maximum absolute atomic E-state index is 15.4. The number of rotatable bonds is 10. The van der Waals surface area contributed by atoms with Crippen molar-refractivity contribution in [2.75, 3.05) is 64.6 Å². The summed E-state index contributed by atoms with van der Waals surface area (Å²) in [6, 6.07) is 0.709. The molecule has 3 aliphatic heterocycles. The molecule has 9 nitrogen and oxygen atoms in total. The topological polar surface area (TPSA) is 84.9 Å². The van der Waals surface area contributed by atoms with E-state index in [1.807, 2.05) is 0 Å². The van der Waals surface area contributed by atoms with Crippen molar-refractivity contribution in [3.63, 3.8) is 0 Å². The van der Waals surface area contributed by atoms with Crippen LogP contribution in [0, 0.1) is 11.2 Å². The zero-order chi connectivity index (χ0) is 27.9. The third-order valence-electron chi connectivity index (χ3n) is 8.46. The third-order valence-corrected chi connectivity index (χ3v) is 8.72. The molecule has 13 heteroatoms. The Hall–Kier alpha value is -2.41. The lowest BCUT2D eigenvalue weighted by Crippen LogP contribution is -2.51. The van der Waals surface area contributed by atoms with Gasteiger partial charge in [0.2, 0.25) is 5.88 Å². The second-order valence-corrected chi connectivity index (χ2v) is 11.7. The fraction of sp³-hybridized carbons (Fsp3) is 0.667. The zero-order valence-corrected chi connectivity index (χ0v) is 23.3. The Morgan fingerprint density at radius 1 is 1.05 bits per heavy atom. The maximum atomic E-state index is 15.4. The minimum Gasteiger partial charge on any atom is -0.475 e. The first-order valence-corrected chi connectivity index (χ1v) is 14.3. The van der Waals surface area contributed by atoms with E-state index in [9.17, 15) is 8.78 Å². The zero-order valence-electron chi connectivity index (χ0n) is 22.5. The number of likely N-dealkylation sites (tertiary alicyclic amines) is 1. The van der Waals surface area contributed by atoms with E-state index in [0.717, 1.165) is 32.2 Å². The SMILES string of the molecule is COCCOc1nc(Cl)c(F)c2nc(OCC3(CN4CCC(=C(F)F)CC4)CC3)nc(N3CC4CCC(C3)N4)c12. The van der Waals surface area contributed by atoms with Crippen molar-refractivity contribution < 1.29 is 27.4 Å². The van der Waals surface area contributed by atoms with Crippen LogP contribution in [0.4, 0.5) is 19.0 Å². The molecule has 2 atom stereocenters. The van der Waals surface area contributed by atoms with Crippen molar-refractivity contribution in [2.24, 2.45) is 5.41 Å². The fourth-order valence-corrected chi connectivity index (χ4v) is 6.22. The molecule has 1 aliphatic carbocycles. The molecule has 0 radical (unpaired) electrons. The van der Waals surface area contributed by atoms with Crippen LogP contribution in [-0.4, -0.2) is 91.6 Å². The molecular weight excluding hydrogens is 549 g/mol. The quantitative estimate of drug-likeness (QED) is 0.327. The fourth-order valence-electron chi connectivity index (χ4n) is 6.05. The molecule has 2 unspecified atom stereocenters. The van der Waals surface area contributed by atoms with E-state index in [4.69, 9.17) is 30.8 Å². The van der Waals surface area contributed by atoms with Gasteiger partial charge in [0, 0.05) is 57.3 Å². The molecular formula is C27H34ClF3N6O3. The molecule has 6 rings (SSSR count). The van der Waals surface area contributed by atoms with Gasteiger partial charge in [-0.15, -0.1) is 0 Å². The molecule has 2 aromatic rings. The first-order chi connectivity index (χ1) is 19.3. The van der Waals surface area contributed by atoms with E-state index < -0.39 is 11.9 Å². The number of pyridine rings is 1. The summed E-state index contributed by atoms with van der Waals surface area (Å²) in [5.41, 5.74) is 0.175. The minimum absolute atomic E-state index is 0.00624. The van der Waals surface area contributed by atoms with Gasteiger partial charge in [0.1, 0.15) is 23.3 Å². The van der Waals surface area contributed by atoms with E-state index in [-0.39, 0.29) is 40.2 Å². The number of ether oxygens (including phenoxy) is 3. The van der Waals surface area contributed by atoms with Crippen LogP contribution in [0.3, 0.4) is 0 Å². The van der Waals surface area contributed by atoms with Crippen molar-refractivity contribution in [2.45, 2.75) is 50.6 Å². The molecule has 218 valence electrons. The summed E-state index contributed by atoms with van der Waals surface area (Å²) in [5.74, 6) is -0.0733. The molecule has 2 bridgehead atoms. The van der Waals surface area contributed by atoms with E-state index in [0.29, 0.717) is 75.5 Å². The predicted molar refractivity (Wildman–Crippen MR) is 144 cm³/mol. The number of hydrogen-bond acceptors (Lipinski definition) is 9. The third kappa shape index (κ3) is 5.81. The van der Waals surface area contributed by atoms with E-state index >= 15 is 4.39 Å². The van der Waals surface area contributed by atoms with Gasteiger partial charge in [-0.05, 0) is 44.1 Å². The molecule has 40 heavy (non-hydrogen) atoms. The Bertz CT molecular complexity index is 1270. The number of piperidine rings is 1. The molecule has 1 N–H and O–H groups in total. The van der Waals surface area contributed by atoms with Gasteiger partial charge in [-0.2, -0.15) is 23.7 Å². The highest BCUT2D eigenvalue weighted by Gasteiger charge is 2.45. The Labute approximate surface area is 236 Å². The number of hydrogen-bond donors (Lipinski definition) is 1. The molecule has 0 aromatic carbocycles. The summed E-state index contributed by atoms with van der Waals surface area (Å²) in [7, 11) is 1.57. The predicted octanol–water partition coefficient (Wildman–Crippen LogP) is 4.19. The van der Waals surface area contributed by atoms with Crippen molar-refractivity contribution in [3.8, 4) is 11.9 Å². The molecule has 0 amide bonds. The van der Waals surface area contributed by atoms with Crippen LogP contribution in [0.1, 0.15) is 38.5 Å². The second kappa shape index (κ2) is 11.5. The largest absolute Gasteiger partial charge is 0.475 e. The number of piperazine rings is 1. The van der Waals surface area contributed by atoms with Crippen LogP contribution in [0.2, 0.25) is 5.15 Å². The van der Waals surface area contributed by atoms with E-state index in [1.54, 1.807) is 7.11 Å². The second-order valence-electron chi connectivity index (χ2n) is 11.4.